The quantitative estimate of drug-likeness (QED) is 0.245. The van der Waals surface area contributed by atoms with Crippen LogP contribution >= 0.6 is 0 Å². The first kappa shape index (κ1) is 31.3. The van der Waals surface area contributed by atoms with Crippen molar-refractivity contribution in [1.29, 1.82) is 0 Å². The molecular formula is C29H54N8O2S. The van der Waals surface area contributed by atoms with Crippen LogP contribution in [-0.4, -0.2) is 100 Å². The molecule has 1 aliphatic heterocycles. The lowest BCUT2D eigenvalue weighted by atomic mass is 9.82. The van der Waals surface area contributed by atoms with Crippen molar-refractivity contribution < 1.29 is 8.42 Å². The van der Waals surface area contributed by atoms with Gasteiger partial charge in [0, 0.05) is 51.1 Å². The first-order valence-electron chi connectivity index (χ1n) is 15.8. The molecule has 2 aliphatic carbocycles. The van der Waals surface area contributed by atoms with Gasteiger partial charge < -0.3 is 31.5 Å². The molecule has 4 rings (SSSR count). The highest BCUT2D eigenvalue weighted by atomic mass is 32.2. The molecule has 2 saturated carbocycles. The number of nitrogens with zero attached hydrogens (tertiary/aromatic N) is 4. The smallest absolute Gasteiger partial charge is 0.226 e. The Bertz CT molecular complexity index is 980. The number of nitrogens with two attached hydrogens (primary N) is 1. The summed E-state index contributed by atoms with van der Waals surface area (Å²) in [6, 6.07) is 2.62. The fourth-order valence-corrected chi connectivity index (χ4v) is 7.01. The van der Waals surface area contributed by atoms with Crippen LogP contribution in [0.5, 0.6) is 0 Å². The van der Waals surface area contributed by atoms with E-state index < -0.39 is 9.84 Å². The van der Waals surface area contributed by atoms with Gasteiger partial charge in [0.15, 0.2) is 0 Å². The molecule has 0 amide bonds. The van der Waals surface area contributed by atoms with Crippen LogP contribution in [0, 0.1) is 11.8 Å². The van der Waals surface area contributed by atoms with Crippen LogP contribution in [0.4, 0.5) is 17.6 Å². The lowest BCUT2D eigenvalue weighted by molar-refractivity contribution is 0.275. The molecule has 0 bridgehead atoms. The van der Waals surface area contributed by atoms with Crippen LogP contribution in [0.2, 0.25) is 0 Å². The second-order valence-corrected chi connectivity index (χ2v) is 14.7. The normalized spacial score (nSPS) is 23.7. The monoisotopic (exact) mass is 578 g/mol. The van der Waals surface area contributed by atoms with E-state index in [-0.39, 0.29) is 5.75 Å². The summed E-state index contributed by atoms with van der Waals surface area (Å²) in [5, 5.41) is 10.9. The summed E-state index contributed by atoms with van der Waals surface area (Å²) in [6.07, 6.45) is 15.5. The van der Waals surface area contributed by atoms with E-state index in [0.29, 0.717) is 24.2 Å². The summed E-state index contributed by atoms with van der Waals surface area (Å²) >= 11 is 0. The van der Waals surface area contributed by atoms with Crippen molar-refractivity contribution in [1.82, 2.24) is 25.5 Å². The van der Waals surface area contributed by atoms with Crippen LogP contribution in [0.1, 0.15) is 70.6 Å². The molecule has 3 aliphatic rings. The van der Waals surface area contributed by atoms with Crippen molar-refractivity contribution in [3.8, 4) is 0 Å². The van der Waals surface area contributed by atoms with Crippen molar-refractivity contribution in [3.63, 3.8) is 0 Å². The maximum absolute atomic E-state index is 11.5. The molecule has 0 spiro atoms. The van der Waals surface area contributed by atoms with E-state index in [1.54, 1.807) is 0 Å². The Morgan fingerprint density at radius 3 is 2.40 bits per heavy atom. The minimum atomic E-state index is -2.95. The van der Waals surface area contributed by atoms with Gasteiger partial charge in [-0.1, -0.05) is 19.3 Å². The third-order valence-corrected chi connectivity index (χ3v) is 9.86. The molecule has 0 unspecified atom stereocenters. The zero-order chi connectivity index (χ0) is 28.2. The Balaban J connectivity index is 1.11. The molecule has 0 radical (unpaired) electrons. The summed E-state index contributed by atoms with van der Waals surface area (Å²) in [5.41, 5.74) is 6.16. The maximum Gasteiger partial charge on any atom is 0.226 e. The Labute approximate surface area is 242 Å². The van der Waals surface area contributed by atoms with Crippen molar-refractivity contribution >= 4 is 27.4 Å². The molecule has 2 heterocycles. The third kappa shape index (κ3) is 11.3. The van der Waals surface area contributed by atoms with E-state index in [9.17, 15) is 8.42 Å². The minimum Gasteiger partial charge on any atom is -0.383 e. The average Bonchev–Trinajstić information content (AvgIpc) is 3.19. The topological polar surface area (TPSA) is 129 Å². The van der Waals surface area contributed by atoms with Gasteiger partial charge in [0.25, 0.3) is 0 Å². The zero-order valence-electron chi connectivity index (χ0n) is 24.7. The van der Waals surface area contributed by atoms with Crippen LogP contribution in [0.25, 0.3) is 0 Å². The average molecular weight is 579 g/mol. The molecule has 1 aromatic heterocycles. The SMILES string of the molecule is CS(=O)(=O)CCN1CCCN(c2cc(N)nc(NCC3CCC(CNCCCNC4CCCCC4)CC3)n2)CC1. The van der Waals surface area contributed by atoms with E-state index in [0.717, 1.165) is 76.6 Å². The predicted octanol–water partition coefficient (Wildman–Crippen LogP) is 2.74. The van der Waals surface area contributed by atoms with E-state index in [1.165, 1.54) is 70.5 Å². The van der Waals surface area contributed by atoms with Gasteiger partial charge in [-0.3, -0.25) is 0 Å². The summed E-state index contributed by atoms with van der Waals surface area (Å²) in [6.45, 7) is 8.27. The number of aromatic nitrogens is 2. The molecule has 5 N–H and O–H groups in total. The lowest BCUT2D eigenvalue weighted by Gasteiger charge is -2.29. The van der Waals surface area contributed by atoms with Gasteiger partial charge in [-0.15, -0.1) is 0 Å². The fraction of sp³-hybridized carbons (Fsp3) is 0.862. The van der Waals surface area contributed by atoms with Crippen molar-refractivity contribution in [2.24, 2.45) is 11.8 Å². The van der Waals surface area contributed by atoms with Crippen LogP contribution < -0.4 is 26.6 Å². The number of nitrogens with one attached hydrogen (secondary N) is 3. The standard InChI is InChI=1S/C29H54N8O2S/c1-40(38,39)20-19-36-15-6-16-37(18-17-36)28-21-27(30)34-29(35-28)33-23-25-11-9-24(10-12-25)22-31-13-5-14-32-26-7-3-2-4-8-26/h21,24-26,31-32H,2-20,22-23H2,1H3,(H3,30,33,34,35). The highest BCUT2D eigenvalue weighted by Crippen LogP contribution is 2.29. The van der Waals surface area contributed by atoms with Gasteiger partial charge in [-0.25, -0.2) is 8.42 Å². The highest BCUT2D eigenvalue weighted by Gasteiger charge is 2.22. The van der Waals surface area contributed by atoms with Gasteiger partial charge in [0.1, 0.15) is 21.5 Å². The first-order valence-corrected chi connectivity index (χ1v) is 17.9. The molecule has 1 aromatic rings. The Hall–Kier alpha value is -1.69. The Morgan fingerprint density at radius 2 is 1.65 bits per heavy atom. The van der Waals surface area contributed by atoms with Crippen molar-refractivity contribution in [2.45, 2.75) is 76.7 Å². The van der Waals surface area contributed by atoms with Gasteiger partial charge in [0.2, 0.25) is 5.95 Å². The fourth-order valence-electron chi connectivity index (χ4n) is 6.42. The number of hydrogen-bond donors (Lipinski definition) is 4. The second-order valence-electron chi connectivity index (χ2n) is 12.4. The number of anilines is 3. The maximum atomic E-state index is 11.5. The Morgan fingerprint density at radius 1 is 0.900 bits per heavy atom. The van der Waals surface area contributed by atoms with Gasteiger partial charge in [-0.05, 0) is 89.4 Å². The molecule has 11 heteroatoms. The summed E-state index contributed by atoms with van der Waals surface area (Å²) in [7, 11) is -2.95. The van der Waals surface area contributed by atoms with Gasteiger partial charge >= 0.3 is 0 Å². The lowest BCUT2D eigenvalue weighted by Crippen LogP contribution is -2.34. The largest absolute Gasteiger partial charge is 0.383 e. The summed E-state index contributed by atoms with van der Waals surface area (Å²) in [4.78, 5) is 13.7. The highest BCUT2D eigenvalue weighted by molar-refractivity contribution is 7.90. The van der Waals surface area contributed by atoms with E-state index in [2.05, 4.69) is 30.7 Å². The van der Waals surface area contributed by atoms with E-state index in [1.807, 2.05) is 6.07 Å². The molecule has 10 nitrogen and oxygen atoms in total. The number of nitrogen functional groups attached to an aromatic ring is 1. The van der Waals surface area contributed by atoms with Gasteiger partial charge in [0.05, 0.1) is 5.75 Å². The molecule has 228 valence electrons. The van der Waals surface area contributed by atoms with Gasteiger partial charge in [-0.2, -0.15) is 9.97 Å². The Kier molecular flexibility index (Phi) is 12.6. The second kappa shape index (κ2) is 16.1. The number of sulfone groups is 1. The molecule has 0 atom stereocenters. The summed E-state index contributed by atoms with van der Waals surface area (Å²) in [5.74, 6) is 3.58. The van der Waals surface area contributed by atoms with Crippen LogP contribution in [-0.2, 0) is 9.84 Å². The molecule has 0 aromatic carbocycles. The molecule has 1 saturated heterocycles. The van der Waals surface area contributed by atoms with Crippen LogP contribution in [0.15, 0.2) is 6.07 Å². The van der Waals surface area contributed by atoms with Crippen molar-refractivity contribution in [2.75, 3.05) is 86.9 Å². The first-order chi connectivity index (χ1) is 19.3. The minimum absolute atomic E-state index is 0.206. The number of rotatable bonds is 14. The van der Waals surface area contributed by atoms with E-state index in [4.69, 9.17) is 10.7 Å². The molecular weight excluding hydrogens is 524 g/mol. The van der Waals surface area contributed by atoms with Crippen LogP contribution in [0.3, 0.4) is 0 Å². The molecule has 40 heavy (non-hydrogen) atoms. The summed E-state index contributed by atoms with van der Waals surface area (Å²) < 4.78 is 23.1. The zero-order valence-corrected chi connectivity index (χ0v) is 25.6. The molecule has 3 fully saturated rings. The number of hydrogen-bond acceptors (Lipinski definition) is 10. The van der Waals surface area contributed by atoms with E-state index >= 15 is 0 Å². The predicted molar refractivity (Wildman–Crippen MR) is 166 cm³/mol. The van der Waals surface area contributed by atoms with Crippen molar-refractivity contribution in [3.05, 3.63) is 6.07 Å². The third-order valence-electron chi connectivity index (χ3n) is 8.94.